The molecule has 0 radical (unpaired) electrons. The zero-order valence-corrected chi connectivity index (χ0v) is 20.3. The number of halogens is 1. The highest BCUT2D eigenvalue weighted by Gasteiger charge is 2.26. The maximum Gasteiger partial charge on any atom is 0.262 e. The van der Waals surface area contributed by atoms with E-state index in [9.17, 15) is 9.59 Å². The van der Waals surface area contributed by atoms with E-state index in [0.717, 1.165) is 56.4 Å². The van der Waals surface area contributed by atoms with E-state index in [2.05, 4.69) is 4.98 Å². The molecular formula is C23H23ClN4O2S2. The Morgan fingerprint density at radius 1 is 1.22 bits per heavy atom. The van der Waals surface area contributed by atoms with Crippen molar-refractivity contribution >= 4 is 60.6 Å². The number of amides is 1. The number of fused-ring (bicyclic) bond motifs is 2. The van der Waals surface area contributed by atoms with Gasteiger partial charge in [-0.05, 0) is 50.5 Å². The predicted molar refractivity (Wildman–Crippen MR) is 131 cm³/mol. The van der Waals surface area contributed by atoms with E-state index in [4.69, 9.17) is 16.6 Å². The lowest BCUT2D eigenvalue weighted by Crippen LogP contribution is -2.38. The summed E-state index contributed by atoms with van der Waals surface area (Å²) in [7, 11) is 0. The first-order valence-electron chi connectivity index (χ1n) is 10.7. The van der Waals surface area contributed by atoms with Gasteiger partial charge in [-0.3, -0.25) is 14.2 Å². The zero-order valence-electron chi connectivity index (χ0n) is 17.9. The third kappa shape index (κ3) is 3.95. The number of aromatic nitrogens is 3. The molecule has 3 aromatic heterocycles. The minimum atomic E-state index is -0.0562. The maximum absolute atomic E-state index is 12.8. The number of benzene rings is 1. The number of aryl methyl sites for hydroxylation is 3. The molecule has 1 aliphatic rings. The van der Waals surface area contributed by atoms with E-state index in [1.54, 1.807) is 22.2 Å². The molecule has 1 saturated heterocycles. The van der Waals surface area contributed by atoms with Gasteiger partial charge >= 0.3 is 0 Å². The van der Waals surface area contributed by atoms with Crippen molar-refractivity contribution in [3.8, 4) is 0 Å². The molecule has 5 rings (SSSR count). The lowest BCUT2D eigenvalue weighted by molar-refractivity contribution is -0.132. The van der Waals surface area contributed by atoms with Crippen LogP contribution in [0.2, 0.25) is 5.02 Å². The van der Waals surface area contributed by atoms with Gasteiger partial charge in [-0.1, -0.05) is 11.6 Å². The van der Waals surface area contributed by atoms with Crippen LogP contribution >= 0.6 is 34.3 Å². The van der Waals surface area contributed by atoms with Crippen molar-refractivity contribution < 1.29 is 4.79 Å². The van der Waals surface area contributed by atoms with Crippen molar-refractivity contribution in [2.24, 2.45) is 0 Å². The third-order valence-electron chi connectivity index (χ3n) is 6.29. The highest BCUT2D eigenvalue weighted by molar-refractivity contribution is 7.19. The number of carbonyl (C=O) groups excluding carboxylic acids is 1. The molecule has 4 aromatic rings. The van der Waals surface area contributed by atoms with Gasteiger partial charge in [0.05, 0.1) is 26.9 Å². The number of hydrogen-bond acceptors (Lipinski definition) is 6. The van der Waals surface area contributed by atoms with Crippen molar-refractivity contribution in [2.75, 3.05) is 13.1 Å². The van der Waals surface area contributed by atoms with E-state index in [1.807, 2.05) is 36.9 Å². The molecular weight excluding hydrogens is 464 g/mol. The summed E-state index contributed by atoms with van der Waals surface area (Å²) in [5.41, 5.74) is 1.88. The molecule has 0 N–H and O–H groups in total. The molecule has 0 spiro atoms. The lowest BCUT2D eigenvalue weighted by atomic mass is 9.97. The molecule has 32 heavy (non-hydrogen) atoms. The van der Waals surface area contributed by atoms with Crippen molar-refractivity contribution in [1.29, 1.82) is 0 Å². The van der Waals surface area contributed by atoms with Gasteiger partial charge < -0.3 is 4.90 Å². The van der Waals surface area contributed by atoms with Crippen LogP contribution in [0.1, 0.15) is 40.6 Å². The Morgan fingerprint density at radius 2 is 2.00 bits per heavy atom. The second kappa shape index (κ2) is 8.57. The second-order valence-electron chi connectivity index (χ2n) is 8.28. The van der Waals surface area contributed by atoms with Crippen molar-refractivity contribution in [3.05, 3.63) is 55.4 Å². The molecule has 6 nitrogen and oxygen atoms in total. The smallest absolute Gasteiger partial charge is 0.262 e. The molecule has 166 valence electrons. The van der Waals surface area contributed by atoms with Gasteiger partial charge in [-0.25, -0.2) is 9.97 Å². The predicted octanol–water partition coefficient (Wildman–Crippen LogP) is 5.13. The van der Waals surface area contributed by atoms with Crippen molar-refractivity contribution in [3.63, 3.8) is 0 Å². The van der Waals surface area contributed by atoms with Crippen molar-refractivity contribution in [1.82, 2.24) is 19.4 Å². The first-order chi connectivity index (χ1) is 15.4. The average Bonchev–Trinajstić information content (AvgIpc) is 3.33. The van der Waals surface area contributed by atoms with E-state index in [1.165, 1.54) is 11.3 Å². The fraction of sp³-hybridized carbons (Fsp3) is 0.391. The highest BCUT2D eigenvalue weighted by Crippen LogP contribution is 2.34. The first kappa shape index (κ1) is 21.6. The molecule has 1 fully saturated rings. The summed E-state index contributed by atoms with van der Waals surface area (Å²) in [4.78, 5) is 38.6. The maximum atomic E-state index is 12.8. The summed E-state index contributed by atoms with van der Waals surface area (Å²) in [5.74, 6) is 0.457. The number of hydrogen-bond donors (Lipinski definition) is 0. The summed E-state index contributed by atoms with van der Waals surface area (Å²) in [5, 5.41) is 2.51. The molecule has 0 bridgehead atoms. The van der Waals surface area contributed by atoms with Gasteiger partial charge in [0.1, 0.15) is 4.83 Å². The Morgan fingerprint density at radius 3 is 2.78 bits per heavy atom. The van der Waals surface area contributed by atoms with Crippen molar-refractivity contribution in [2.45, 2.75) is 45.6 Å². The molecule has 0 saturated carbocycles. The molecule has 1 aliphatic heterocycles. The average molecular weight is 487 g/mol. The number of carbonyl (C=O) groups is 1. The van der Waals surface area contributed by atoms with E-state index >= 15 is 0 Å². The van der Waals surface area contributed by atoms with Crippen LogP contribution in [0.3, 0.4) is 0 Å². The molecule has 1 aromatic carbocycles. The van der Waals surface area contributed by atoms with E-state index in [-0.39, 0.29) is 11.5 Å². The standard InChI is InChI=1S/C23H23ClN4O2S2/c1-13-14(2)31-22-20(13)23(30)28(12-25-22)10-7-19(29)27-8-5-15(6-9-27)21-26-17-11-16(24)3-4-18(17)32-21/h3-4,11-12,15H,5-10H2,1-2H3. The van der Waals surface area contributed by atoms with Crippen LogP contribution in [0.4, 0.5) is 0 Å². The molecule has 0 unspecified atom stereocenters. The SMILES string of the molecule is Cc1sc2ncn(CCC(=O)N3CCC(c4nc5cc(Cl)ccc5s4)CC3)c(=O)c2c1C. The highest BCUT2D eigenvalue weighted by atomic mass is 35.5. The molecule has 9 heteroatoms. The first-order valence-corrected chi connectivity index (χ1v) is 12.7. The van der Waals surface area contributed by atoms with Gasteiger partial charge in [-0.2, -0.15) is 0 Å². The van der Waals surface area contributed by atoms with Crippen LogP contribution < -0.4 is 5.56 Å². The topological polar surface area (TPSA) is 68.1 Å². The molecule has 1 amide bonds. The Hall–Kier alpha value is -2.29. The number of thiophene rings is 1. The normalized spacial score (nSPS) is 15.2. The third-order valence-corrected chi connectivity index (χ3v) is 8.83. The minimum absolute atomic E-state index is 0.0562. The zero-order chi connectivity index (χ0) is 22.4. The summed E-state index contributed by atoms with van der Waals surface area (Å²) in [6, 6.07) is 5.82. The van der Waals surface area contributed by atoms with E-state index < -0.39 is 0 Å². The van der Waals surface area contributed by atoms with Gasteiger partial charge in [-0.15, -0.1) is 22.7 Å². The summed E-state index contributed by atoms with van der Waals surface area (Å²) in [6.07, 6.45) is 3.68. The number of piperidine rings is 1. The number of nitrogens with zero attached hydrogens (tertiary/aromatic N) is 4. The second-order valence-corrected chi connectivity index (χ2v) is 11.0. The Bertz CT molecular complexity index is 1380. The summed E-state index contributed by atoms with van der Waals surface area (Å²) < 4.78 is 2.72. The Balaban J connectivity index is 1.21. The van der Waals surface area contributed by atoms with Gasteiger partial charge in [0.15, 0.2) is 0 Å². The molecule has 4 heterocycles. The fourth-order valence-electron chi connectivity index (χ4n) is 4.27. The van der Waals surface area contributed by atoms with Crippen LogP contribution in [-0.4, -0.2) is 38.4 Å². The van der Waals surface area contributed by atoms with Crippen LogP contribution in [0.25, 0.3) is 20.4 Å². The number of rotatable bonds is 4. The monoisotopic (exact) mass is 486 g/mol. The molecule has 0 atom stereocenters. The summed E-state index contributed by atoms with van der Waals surface area (Å²) >= 11 is 9.34. The van der Waals surface area contributed by atoms with Gasteiger partial charge in [0, 0.05) is 41.9 Å². The minimum Gasteiger partial charge on any atom is -0.343 e. The van der Waals surface area contributed by atoms with E-state index in [0.29, 0.717) is 29.3 Å². The lowest BCUT2D eigenvalue weighted by Gasteiger charge is -2.31. The molecule has 0 aliphatic carbocycles. The van der Waals surface area contributed by atoms with Crippen LogP contribution in [0.15, 0.2) is 29.3 Å². The Kier molecular flexibility index (Phi) is 5.77. The fourth-order valence-corrected chi connectivity index (χ4v) is 6.54. The van der Waals surface area contributed by atoms with Crippen LogP contribution in [0.5, 0.6) is 0 Å². The summed E-state index contributed by atoms with van der Waals surface area (Å²) in [6.45, 7) is 5.75. The largest absolute Gasteiger partial charge is 0.343 e. The van der Waals surface area contributed by atoms with Gasteiger partial charge in [0.2, 0.25) is 5.91 Å². The van der Waals surface area contributed by atoms with Crippen LogP contribution in [-0.2, 0) is 11.3 Å². The van der Waals surface area contributed by atoms with Crippen LogP contribution in [0, 0.1) is 13.8 Å². The van der Waals surface area contributed by atoms with Gasteiger partial charge in [0.25, 0.3) is 5.56 Å². The number of thiazole rings is 1. The Labute approximate surface area is 198 Å². The number of likely N-dealkylation sites (tertiary alicyclic amines) is 1. The quantitative estimate of drug-likeness (QED) is 0.401.